The van der Waals surface area contributed by atoms with Gasteiger partial charge < -0.3 is 20.3 Å². The number of methoxy groups -OCH3 is 1. The van der Waals surface area contributed by atoms with Crippen LogP contribution in [0, 0.1) is 5.92 Å². The van der Waals surface area contributed by atoms with Crippen LogP contribution < -0.4 is 15.5 Å². The fourth-order valence-electron chi connectivity index (χ4n) is 4.99. The van der Waals surface area contributed by atoms with E-state index in [1.165, 1.54) is 7.11 Å². The molecule has 3 amide bonds. The Hall–Kier alpha value is -3.72. The molecule has 2 atom stereocenters. The smallest absolute Gasteiger partial charge is 0.340 e. The van der Waals surface area contributed by atoms with Gasteiger partial charge in [-0.2, -0.15) is 0 Å². The number of nitrogens with one attached hydrogen (secondary N) is 2. The molecule has 2 N–H and O–H groups in total. The van der Waals surface area contributed by atoms with Crippen LogP contribution in [0.25, 0.3) is 0 Å². The predicted molar refractivity (Wildman–Crippen MR) is 134 cm³/mol. The zero-order chi connectivity index (χ0) is 25.4. The quantitative estimate of drug-likeness (QED) is 0.454. The maximum atomic E-state index is 13.6. The Morgan fingerprint density at radius 3 is 2.42 bits per heavy atom. The van der Waals surface area contributed by atoms with Gasteiger partial charge in [0.15, 0.2) is 0 Å². The molecule has 188 valence electrons. The van der Waals surface area contributed by atoms with Gasteiger partial charge in [-0.15, -0.1) is 0 Å². The summed E-state index contributed by atoms with van der Waals surface area (Å²) in [5, 5.41) is 6.22. The molecule has 0 unspecified atom stereocenters. The number of fused-ring (bicyclic) bond motifs is 1. The SMILES string of the molecule is COC(=O)c1cc(N2CCN[C@@H](C)C2)ccc1NC(=O)[C@H](CC1CC1)N1C(=O)c2ccccc2C1=O. The average Bonchev–Trinajstić information content (AvgIpc) is 3.68. The van der Waals surface area contributed by atoms with Gasteiger partial charge in [0, 0.05) is 31.4 Å². The van der Waals surface area contributed by atoms with E-state index >= 15 is 0 Å². The molecule has 3 aliphatic rings. The van der Waals surface area contributed by atoms with Gasteiger partial charge >= 0.3 is 5.97 Å². The second kappa shape index (κ2) is 9.73. The fraction of sp³-hybridized carbons (Fsp3) is 0.407. The van der Waals surface area contributed by atoms with Crippen molar-refractivity contribution >= 4 is 35.1 Å². The van der Waals surface area contributed by atoms with Gasteiger partial charge in [-0.25, -0.2) is 4.79 Å². The zero-order valence-electron chi connectivity index (χ0n) is 20.5. The molecule has 0 radical (unpaired) electrons. The zero-order valence-corrected chi connectivity index (χ0v) is 20.5. The summed E-state index contributed by atoms with van der Waals surface area (Å²) in [7, 11) is 1.29. The molecule has 2 fully saturated rings. The molecule has 5 rings (SSSR count). The summed E-state index contributed by atoms with van der Waals surface area (Å²) in [4.78, 5) is 55.7. The van der Waals surface area contributed by atoms with Gasteiger partial charge in [-0.3, -0.25) is 19.3 Å². The third-order valence-electron chi connectivity index (χ3n) is 7.09. The van der Waals surface area contributed by atoms with E-state index in [1.54, 1.807) is 36.4 Å². The highest BCUT2D eigenvalue weighted by molar-refractivity contribution is 6.23. The molecule has 2 aliphatic heterocycles. The summed E-state index contributed by atoms with van der Waals surface area (Å²) in [5.41, 5.74) is 1.98. The number of carbonyl (C=O) groups is 4. The van der Waals surface area contributed by atoms with Crippen molar-refractivity contribution in [2.45, 2.75) is 38.3 Å². The fourth-order valence-corrected chi connectivity index (χ4v) is 4.99. The monoisotopic (exact) mass is 490 g/mol. The van der Waals surface area contributed by atoms with Crippen molar-refractivity contribution in [1.29, 1.82) is 0 Å². The van der Waals surface area contributed by atoms with Gasteiger partial charge in [-0.1, -0.05) is 25.0 Å². The minimum Gasteiger partial charge on any atom is -0.465 e. The number of carbonyl (C=O) groups excluding carboxylic acids is 4. The minimum atomic E-state index is -0.968. The first-order valence-corrected chi connectivity index (χ1v) is 12.4. The number of anilines is 2. The molecular weight excluding hydrogens is 460 g/mol. The van der Waals surface area contributed by atoms with E-state index in [-0.39, 0.29) is 17.2 Å². The van der Waals surface area contributed by atoms with E-state index in [9.17, 15) is 19.2 Å². The first kappa shape index (κ1) is 24.0. The molecule has 0 spiro atoms. The number of imide groups is 1. The number of amides is 3. The van der Waals surface area contributed by atoms with Crippen molar-refractivity contribution in [3.63, 3.8) is 0 Å². The molecule has 2 aromatic carbocycles. The molecule has 9 nitrogen and oxygen atoms in total. The van der Waals surface area contributed by atoms with E-state index in [4.69, 9.17) is 4.74 Å². The van der Waals surface area contributed by atoms with Gasteiger partial charge in [0.2, 0.25) is 5.91 Å². The largest absolute Gasteiger partial charge is 0.465 e. The molecule has 1 saturated heterocycles. The first-order valence-electron chi connectivity index (χ1n) is 12.4. The number of piperazine rings is 1. The molecule has 1 aliphatic carbocycles. The number of ether oxygens (including phenoxy) is 1. The van der Waals surface area contributed by atoms with Crippen molar-refractivity contribution in [2.24, 2.45) is 5.92 Å². The normalized spacial score (nSPS) is 20.2. The Labute approximate surface area is 209 Å². The van der Waals surface area contributed by atoms with Crippen molar-refractivity contribution < 1.29 is 23.9 Å². The molecule has 0 aromatic heterocycles. The van der Waals surface area contributed by atoms with Crippen LogP contribution in [-0.4, -0.2) is 67.4 Å². The molecule has 36 heavy (non-hydrogen) atoms. The summed E-state index contributed by atoms with van der Waals surface area (Å²) in [6.45, 7) is 4.51. The van der Waals surface area contributed by atoms with E-state index in [0.29, 0.717) is 23.6 Å². The summed E-state index contributed by atoms with van der Waals surface area (Å²) in [5.74, 6) is -1.72. The second-order valence-corrected chi connectivity index (χ2v) is 9.73. The lowest BCUT2D eigenvalue weighted by Gasteiger charge is -2.34. The van der Waals surface area contributed by atoms with Crippen molar-refractivity contribution in [3.05, 3.63) is 59.2 Å². The topological polar surface area (TPSA) is 108 Å². The minimum absolute atomic E-state index is 0.224. The van der Waals surface area contributed by atoms with Crippen molar-refractivity contribution in [1.82, 2.24) is 10.2 Å². The number of benzene rings is 2. The number of nitrogens with zero attached hydrogens (tertiary/aromatic N) is 2. The lowest BCUT2D eigenvalue weighted by Crippen LogP contribution is -2.49. The highest BCUT2D eigenvalue weighted by Gasteiger charge is 2.44. The Morgan fingerprint density at radius 2 is 1.81 bits per heavy atom. The first-order chi connectivity index (χ1) is 17.4. The molecule has 2 aromatic rings. The molecular formula is C27H30N4O5. The maximum absolute atomic E-state index is 13.6. The summed E-state index contributed by atoms with van der Waals surface area (Å²) < 4.78 is 4.99. The Kier molecular flexibility index (Phi) is 6.49. The number of hydrogen-bond acceptors (Lipinski definition) is 7. The lowest BCUT2D eigenvalue weighted by molar-refractivity contribution is -0.120. The molecule has 9 heteroatoms. The average molecular weight is 491 g/mol. The second-order valence-electron chi connectivity index (χ2n) is 9.73. The van der Waals surface area contributed by atoms with E-state index in [2.05, 4.69) is 22.5 Å². The van der Waals surface area contributed by atoms with Crippen LogP contribution in [0.1, 0.15) is 57.3 Å². The van der Waals surface area contributed by atoms with Gasteiger partial charge in [0.05, 0.1) is 29.5 Å². The van der Waals surface area contributed by atoms with Gasteiger partial charge in [0.1, 0.15) is 6.04 Å². The lowest BCUT2D eigenvalue weighted by atomic mass is 10.1. The Balaban J connectivity index is 1.42. The highest BCUT2D eigenvalue weighted by atomic mass is 16.5. The van der Waals surface area contributed by atoms with E-state index < -0.39 is 29.7 Å². The van der Waals surface area contributed by atoms with Gasteiger partial charge in [0.25, 0.3) is 11.8 Å². The number of rotatable bonds is 7. The van der Waals surface area contributed by atoms with E-state index in [0.717, 1.165) is 43.1 Å². The van der Waals surface area contributed by atoms with Gasteiger partial charge in [-0.05, 0) is 49.6 Å². The van der Waals surface area contributed by atoms with Crippen LogP contribution >= 0.6 is 0 Å². The summed E-state index contributed by atoms with van der Waals surface area (Å²) in [6.07, 6.45) is 2.30. The van der Waals surface area contributed by atoms with Crippen molar-refractivity contribution in [3.8, 4) is 0 Å². The summed E-state index contributed by atoms with van der Waals surface area (Å²) >= 11 is 0. The van der Waals surface area contributed by atoms with Crippen LogP contribution in [0.4, 0.5) is 11.4 Å². The van der Waals surface area contributed by atoms with Crippen molar-refractivity contribution in [2.75, 3.05) is 37.0 Å². The number of esters is 1. The third-order valence-corrected chi connectivity index (χ3v) is 7.09. The van der Waals surface area contributed by atoms with E-state index in [1.807, 2.05) is 6.07 Å². The molecule has 1 saturated carbocycles. The Morgan fingerprint density at radius 1 is 1.11 bits per heavy atom. The number of hydrogen-bond donors (Lipinski definition) is 2. The third kappa shape index (κ3) is 4.58. The highest BCUT2D eigenvalue weighted by Crippen LogP contribution is 2.37. The maximum Gasteiger partial charge on any atom is 0.340 e. The summed E-state index contributed by atoms with van der Waals surface area (Å²) in [6, 6.07) is 11.2. The van der Waals surface area contributed by atoms with Crippen LogP contribution in [0.2, 0.25) is 0 Å². The standard InChI is InChI=1S/C27H30N4O5/c1-16-15-30(12-11-28-16)18-9-10-22(21(14-18)27(35)36-2)29-24(32)23(13-17-7-8-17)31-25(33)19-5-3-4-6-20(19)26(31)34/h3-6,9-10,14,16-17,23,28H,7-8,11-13,15H2,1-2H3,(H,29,32)/t16-,23-/m0/s1. The van der Waals surface area contributed by atoms with Crippen LogP contribution in [0.15, 0.2) is 42.5 Å². The molecule has 2 heterocycles. The predicted octanol–water partition coefficient (Wildman–Crippen LogP) is 2.67. The Bertz CT molecular complexity index is 1190. The van der Waals surface area contributed by atoms with Crippen LogP contribution in [0.3, 0.4) is 0 Å². The van der Waals surface area contributed by atoms with Crippen LogP contribution in [-0.2, 0) is 9.53 Å². The van der Waals surface area contributed by atoms with Crippen LogP contribution in [0.5, 0.6) is 0 Å². The molecule has 0 bridgehead atoms.